The first kappa shape index (κ1) is 18.9. The van der Waals surface area contributed by atoms with Crippen molar-refractivity contribution in [2.24, 2.45) is 5.73 Å². The van der Waals surface area contributed by atoms with Gasteiger partial charge in [-0.15, -0.1) is 16.4 Å². The number of hydrogen-bond donors (Lipinski definition) is 2. The number of methoxy groups -OCH3 is 1. The van der Waals surface area contributed by atoms with Gasteiger partial charge in [0.2, 0.25) is 11.1 Å². The van der Waals surface area contributed by atoms with Gasteiger partial charge in [-0.05, 0) is 53.1 Å². The molecule has 1 atom stereocenters. The second-order valence-corrected chi connectivity index (χ2v) is 7.57. The molecule has 0 aliphatic heterocycles. The van der Waals surface area contributed by atoms with Gasteiger partial charge in [-0.25, -0.2) is 0 Å². The molecule has 140 valence electrons. The summed E-state index contributed by atoms with van der Waals surface area (Å²) in [6.07, 6.45) is 0. The second kappa shape index (κ2) is 8.18. The molecule has 27 heavy (non-hydrogen) atoms. The highest BCUT2D eigenvalue weighted by Crippen LogP contribution is 2.27. The van der Waals surface area contributed by atoms with Crippen molar-refractivity contribution < 1.29 is 14.3 Å². The lowest BCUT2D eigenvalue weighted by Gasteiger charge is -2.11. The van der Waals surface area contributed by atoms with Gasteiger partial charge in [-0.3, -0.25) is 9.59 Å². The van der Waals surface area contributed by atoms with Crippen LogP contribution >= 0.6 is 23.1 Å². The van der Waals surface area contributed by atoms with E-state index in [2.05, 4.69) is 20.8 Å². The van der Waals surface area contributed by atoms with E-state index in [1.165, 1.54) is 27.8 Å². The van der Waals surface area contributed by atoms with Crippen LogP contribution < -0.4 is 15.8 Å². The number of ether oxygens (including phenoxy) is 1. The quantitative estimate of drug-likeness (QED) is 0.577. The number of hydrogen-bond acceptors (Lipinski definition) is 8. The van der Waals surface area contributed by atoms with E-state index in [1.807, 2.05) is 12.1 Å². The molecule has 0 aliphatic rings. The predicted octanol–water partition coefficient (Wildman–Crippen LogP) is 1.95. The third-order valence-electron chi connectivity index (χ3n) is 3.58. The Hall–Kier alpha value is -2.92. The Morgan fingerprint density at radius 3 is 2.70 bits per heavy atom. The summed E-state index contributed by atoms with van der Waals surface area (Å²) in [7, 11) is 1.59. The molecule has 2 heterocycles. The lowest BCUT2D eigenvalue weighted by Crippen LogP contribution is -2.24. The molecule has 11 heteroatoms. The number of tetrazole rings is 1. The highest BCUT2D eigenvalue weighted by molar-refractivity contribution is 8.00. The van der Waals surface area contributed by atoms with Gasteiger partial charge in [0.15, 0.2) is 0 Å². The van der Waals surface area contributed by atoms with E-state index >= 15 is 0 Å². The van der Waals surface area contributed by atoms with Crippen LogP contribution in [0.1, 0.15) is 17.3 Å². The minimum absolute atomic E-state index is 0.283. The number of thioether (sulfide) groups is 1. The number of amides is 2. The highest BCUT2D eigenvalue weighted by Gasteiger charge is 2.21. The maximum absolute atomic E-state index is 12.5. The maximum Gasteiger partial charge on any atom is 0.251 e. The number of nitrogens with one attached hydrogen (secondary N) is 1. The molecule has 3 aromatic rings. The number of aromatic nitrogens is 4. The van der Waals surface area contributed by atoms with Crippen LogP contribution in [-0.2, 0) is 4.79 Å². The van der Waals surface area contributed by atoms with Crippen molar-refractivity contribution in [2.75, 3.05) is 12.4 Å². The molecular weight excluding hydrogens is 388 g/mol. The first-order chi connectivity index (χ1) is 13.0. The fourth-order valence-corrected chi connectivity index (χ4v) is 3.77. The predicted molar refractivity (Wildman–Crippen MR) is 102 cm³/mol. The fourth-order valence-electron chi connectivity index (χ4n) is 2.16. The number of anilines is 1. The number of carbonyl (C=O) groups is 2. The summed E-state index contributed by atoms with van der Waals surface area (Å²) in [5.41, 5.74) is 6.32. The van der Waals surface area contributed by atoms with Gasteiger partial charge in [0.25, 0.3) is 5.91 Å². The van der Waals surface area contributed by atoms with Crippen molar-refractivity contribution in [3.05, 3.63) is 41.3 Å². The molecule has 1 aromatic carbocycles. The van der Waals surface area contributed by atoms with Gasteiger partial charge >= 0.3 is 0 Å². The SMILES string of the molecule is COc1ccc(-n2nnnc2SC(C)C(=O)Nc2sccc2C(N)=O)cc1. The Kier molecular flexibility index (Phi) is 5.72. The van der Waals surface area contributed by atoms with E-state index in [-0.39, 0.29) is 11.5 Å². The van der Waals surface area contributed by atoms with E-state index in [4.69, 9.17) is 10.5 Å². The zero-order valence-electron chi connectivity index (χ0n) is 14.4. The Labute approximate surface area is 162 Å². The number of rotatable bonds is 7. The third kappa shape index (κ3) is 4.26. The Morgan fingerprint density at radius 1 is 1.30 bits per heavy atom. The topological polar surface area (TPSA) is 125 Å². The zero-order valence-corrected chi connectivity index (χ0v) is 16.1. The lowest BCUT2D eigenvalue weighted by atomic mass is 10.3. The smallest absolute Gasteiger partial charge is 0.251 e. The summed E-state index contributed by atoms with van der Waals surface area (Å²) in [6, 6.07) is 8.79. The number of benzene rings is 1. The molecule has 2 amide bonds. The second-order valence-electron chi connectivity index (χ2n) is 5.35. The molecule has 9 nitrogen and oxygen atoms in total. The van der Waals surface area contributed by atoms with Gasteiger partial charge < -0.3 is 15.8 Å². The standard InChI is InChI=1S/C16H16N6O3S2/c1-9(14(24)18-15-12(13(17)23)7-8-26-15)27-16-19-20-21-22(16)10-3-5-11(25-2)6-4-10/h3-9H,1-2H3,(H2,17,23)(H,18,24). The van der Waals surface area contributed by atoms with Crippen LogP contribution in [-0.4, -0.2) is 44.4 Å². The van der Waals surface area contributed by atoms with E-state index in [0.717, 1.165) is 11.4 Å². The summed E-state index contributed by atoms with van der Waals surface area (Å²) in [6.45, 7) is 1.73. The van der Waals surface area contributed by atoms with Crippen LogP contribution in [0.4, 0.5) is 5.00 Å². The van der Waals surface area contributed by atoms with Crippen molar-refractivity contribution in [3.63, 3.8) is 0 Å². The first-order valence-corrected chi connectivity index (χ1v) is 9.53. The van der Waals surface area contributed by atoms with Gasteiger partial charge in [0.05, 0.1) is 23.6 Å². The number of nitrogens with two attached hydrogens (primary N) is 1. The highest BCUT2D eigenvalue weighted by atomic mass is 32.2. The maximum atomic E-state index is 12.5. The summed E-state index contributed by atoms with van der Waals surface area (Å²) < 4.78 is 6.67. The third-order valence-corrected chi connectivity index (χ3v) is 5.44. The molecular formula is C16H16N6O3S2. The average Bonchev–Trinajstić information content (AvgIpc) is 3.31. The summed E-state index contributed by atoms with van der Waals surface area (Å²) >= 11 is 2.43. The van der Waals surface area contributed by atoms with Crippen molar-refractivity contribution in [1.82, 2.24) is 20.2 Å². The van der Waals surface area contributed by atoms with Crippen LogP contribution in [0.3, 0.4) is 0 Å². The van der Waals surface area contributed by atoms with Crippen molar-refractivity contribution >= 4 is 39.9 Å². The van der Waals surface area contributed by atoms with E-state index < -0.39 is 11.2 Å². The number of carbonyl (C=O) groups excluding carboxylic acids is 2. The molecule has 0 fully saturated rings. The molecule has 1 unspecified atom stereocenters. The first-order valence-electron chi connectivity index (χ1n) is 7.77. The van der Waals surface area contributed by atoms with Crippen LogP contribution in [0.25, 0.3) is 5.69 Å². The largest absolute Gasteiger partial charge is 0.497 e. The molecule has 0 spiro atoms. The molecule has 0 radical (unpaired) electrons. The van der Waals surface area contributed by atoms with Crippen LogP contribution in [0.2, 0.25) is 0 Å². The molecule has 2 aromatic heterocycles. The van der Waals surface area contributed by atoms with Gasteiger partial charge in [-0.1, -0.05) is 11.8 Å². The molecule has 0 saturated heterocycles. The van der Waals surface area contributed by atoms with Gasteiger partial charge in [0.1, 0.15) is 10.8 Å². The molecule has 3 rings (SSSR count). The molecule has 3 N–H and O–H groups in total. The molecule has 0 aliphatic carbocycles. The van der Waals surface area contributed by atoms with Crippen molar-refractivity contribution in [1.29, 1.82) is 0 Å². The summed E-state index contributed by atoms with van der Waals surface area (Å²) in [5.74, 6) is -0.153. The lowest BCUT2D eigenvalue weighted by molar-refractivity contribution is -0.115. The Bertz CT molecular complexity index is 953. The van der Waals surface area contributed by atoms with Crippen LogP contribution in [0, 0.1) is 0 Å². The van der Waals surface area contributed by atoms with Crippen LogP contribution in [0.15, 0.2) is 40.9 Å². The number of nitrogens with zero attached hydrogens (tertiary/aromatic N) is 4. The van der Waals surface area contributed by atoms with Crippen molar-refractivity contribution in [3.8, 4) is 11.4 Å². The monoisotopic (exact) mass is 404 g/mol. The average molecular weight is 404 g/mol. The van der Waals surface area contributed by atoms with Crippen molar-refractivity contribution in [2.45, 2.75) is 17.3 Å². The number of thiophene rings is 1. The summed E-state index contributed by atoms with van der Waals surface area (Å²) in [5, 5.41) is 16.4. The molecule has 0 bridgehead atoms. The Balaban J connectivity index is 1.71. The Morgan fingerprint density at radius 2 is 2.04 bits per heavy atom. The van der Waals surface area contributed by atoms with E-state index in [1.54, 1.807) is 37.6 Å². The van der Waals surface area contributed by atoms with E-state index in [0.29, 0.717) is 10.2 Å². The summed E-state index contributed by atoms with van der Waals surface area (Å²) in [4.78, 5) is 23.8. The minimum Gasteiger partial charge on any atom is -0.497 e. The normalized spacial score (nSPS) is 11.8. The van der Waals surface area contributed by atoms with E-state index in [9.17, 15) is 9.59 Å². The minimum atomic E-state index is -0.588. The number of primary amides is 1. The van der Waals surface area contributed by atoms with Crippen LogP contribution in [0.5, 0.6) is 5.75 Å². The zero-order chi connectivity index (χ0) is 19.4. The molecule has 0 saturated carbocycles. The fraction of sp³-hybridized carbons (Fsp3) is 0.188. The van der Waals surface area contributed by atoms with Gasteiger partial charge in [0, 0.05) is 0 Å². The van der Waals surface area contributed by atoms with Gasteiger partial charge in [-0.2, -0.15) is 4.68 Å².